The summed E-state index contributed by atoms with van der Waals surface area (Å²) in [6.07, 6.45) is 4.63. The van der Waals surface area contributed by atoms with Gasteiger partial charge in [0.15, 0.2) is 11.9 Å². The Morgan fingerprint density at radius 1 is 1.35 bits per heavy atom. The van der Waals surface area contributed by atoms with Crippen LogP contribution in [-0.4, -0.2) is 32.8 Å². The summed E-state index contributed by atoms with van der Waals surface area (Å²) in [6.45, 7) is 4.36. The Balaban J connectivity index is 1.79. The first-order valence-electron chi connectivity index (χ1n) is 8.23. The van der Waals surface area contributed by atoms with Gasteiger partial charge in [0.1, 0.15) is 4.88 Å². The predicted molar refractivity (Wildman–Crippen MR) is 92.6 cm³/mol. The SMILES string of the molecule is CCc1nc2sc([C@H](c3cccs3)[NH+]3CCCCC3)c(O)n2n1. The fourth-order valence-corrected chi connectivity index (χ4v) is 5.51. The van der Waals surface area contributed by atoms with Gasteiger partial charge in [0.2, 0.25) is 10.8 Å². The van der Waals surface area contributed by atoms with Gasteiger partial charge in [-0.25, -0.2) is 4.98 Å². The molecule has 23 heavy (non-hydrogen) atoms. The van der Waals surface area contributed by atoms with Gasteiger partial charge in [0.05, 0.1) is 18.0 Å². The number of quaternary nitrogens is 1. The van der Waals surface area contributed by atoms with Crippen LogP contribution in [0.3, 0.4) is 0 Å². The third-order valence-electron chi connectivity index (χ3n) is 4.55. The van der Waals surface area contributed by atoms with E-state index in [-0.39, 0.29) is 11.9 Å². The molecule has 0 spiro atoms. The smallest absolute Gasteiger partial charge is 0.235 e. The molecule has 0 aromatic carbocycles. The molecule has 0 saturated carbocycles. The number of likely N-dealkylation sites (tertiary alicyclic amines) is 1. The zero-order valence-electron chi connectivity index (χ0n) is 13.2. The van der Waals surface area contributed by atoms with Crippen molar-refractivity contribution < 1.29 is 10.0 Å². The van der Waals surface area contributed by atoms with E-state index in [0.717, 1.165) is 35.2 Å². The van der Waals surface area contributed by atoms with E-state index in [1.54, 1.807) is 32.1 Å². The van der Waals surface area contributed by atoms with Crippen LogP contribution in [0.1, 0.15) is 47.8 Å². The van der Waals surface area contributed by atoms with Gasteiger partial charge >= 0.3 is 0 Å². The zero-order chi connectivity index (χ0) is 15.8. The van der Waals surface area contributed by atoms with Crippen LogP contribution in [0.2, 0.25) is 0 Å². The number of thiazole rings is 1. The van der Waals surface area contributed by atoms with Crippen LogP contribution in [0.4, 0.5) is 0 Å². The van der Waals surface area contributed by atoms with E-state index in [0.29, 0.717) is 0 Å². The Bertz CT molecular complexity index is 787. The number of fused-ring (bicyclic) bond motifs is 1. The second-order valence-corrected chi connectivity index (χ2v) is 8.02. The lowest BCUT2D eigenvalue weighted by molar-refractivity contribution is -0.929. The molecule has 4 rings (SSSR count). The molecule has 0 bridgehead atoms. The summed E-state index contributed by atoms with van der Waals surface area (Å²) in [6, 6.07) is 4.48. The van der Waals surface area contributed by atoms with E-state index in [1.165, 1.54) is 24.1 Å². The summed E-state index contributed by atoms with van der Waals surface area (Å²) in [5.41, 5.74) is 0. The molecule has 1 fully saturated rings. The van der Waals surface area contributed by atoms with Crippen molar-refractivity contribution in [3.8, 4) is 5.88 Å². The molecule has 0 radical (unpaired) electrons. The minimum atomic E-state index is 0.203. The summed E-state index contributed by atoms with van der Waals surface area (Å²) in [5.74, 6) is 1.06. The Hall–Kier alpha value is -1.44. The normalized spacial score (nSPS) is 17.8. The second kappa shape index (κ2) is 6.22. The maximum absolute atomic E-state index is 10.8. The topological polar surface area (TPSA) is 54.9 Å². The summed E-state index contributed by atoms with van der Waals surface area (Å²) >= 11 is 3.36. The highest BCUT2D eigenvalue weighted by molar-refractivity contribution is 7.17. The quantitative estimate of drug-likeness (QED) is 0.760. The molecule has 0 unspecified atom stereocenters. The van der Waals surface area contributed by atoms with Crippen molar-refractivity contribution in [3.05, 3.63) is 33.1 Å². The minimum Gasteiger partial charge on any atom is -0.492 e. The zero-order valence-corrected chi connectivity index (χ0v) is 14.8. The van der Waals surface area contributed by atoms with Crippen molar-refractivity contribution in [3.63, 3.8) is 0 Å². The van der Waals surface area contributed by atoms with Crippen LogP contribution < -0.4 is 4.90 Å². The number of hydrogen-bond donors (Lipinski definition) is 2. The summed E-state index contributed by atoms with van der Waals surface area (Å²) in [7, 11) is 0. The lowest BCUT2D eigenvalue weighted by Gasteiger charge is -2.30. The number of hydrogen-bond acceptors (Lipinski definition) is 5. The molecule has 1 atom stereocenters. The largest absolute Gasteiger partial charge is 0.492 e. The number of piperidine rings is 1. The van der Waals surface area contributed by atoms with Crippen LogP contribution in [0.5, 0.6) is 5.88 Å². The second-order valence-electron chi connectivity index (χ2n) is 6.03. The van der Waals surface area contributed by atoms with Crippen LogP contribution in [0.25, 0.3) is 4.96 Å². The van der Waals surface area contributed by atoms with Gasteiger partial charge in [-0.1, -0.05) is 24.3 Å². The molecule has 1 aliphatic heterocycles. The lowest BCUT2D eigenvalue weighted by atomic mass is 10.1. The fourth-order valence-electron chi connectivity index (χ4n) is 3.39. The number of aromatic nitrogens is 3. The van der Waals surface area contributed by atoms with E-state index in [4.69, 9.17) is 0 Å². The molecular formula is C16H21N4OS2+. The maximum Gasteiger partial charge on any atom is 0.235 e. The fraction of sp³-hybridized carbons (Fsp3) is 0.500. The molecule has 7 heteroatoms. The van der Waals surface area contributed by atoms with Gasteiger partial charge in [-0.3, -0.25) is 0 Å². The predicted octanol–water partition coefficient (Wildman–Crippen LogP) is 2.28. The van der Waals surface area contributed by atoms with E-state index in [2.05, 4.69) is 27.6 Å². The number of aromatic hydroxyl groups is 1. The first kappa shape index (κ1) is 15.1. The molecule has 1 aliphatic rings. The van der Waals surface area contributed by atoms with Crippen molar-refractivity contribution in [2.24, 2.45) is 0 Å². The van der Waals surface area contributed by atoms with Crippen LogP contribution >= 0.6 is 22.7 Å². The Labute approximate surface area is 143 Å². The van der Waals surface area contributed by atoms with Gasteiger partial charge in [-0.2, -0.15) is 4.52 Å². The Morgan fingerprint density at radius 3 is 2.83 bits per heavy atom. The van der Waals surface area contributed by atoms with Gasteiger partial charge in [0, 0.05) is 6.42 Å². The van der Waals surface area contributed by atoms with Gasteiger partial charge < -0.3 is 10.0 Å². The minimum absolute atomic E-state index is 0.203. The molecule has 3 aromatic rings. The van der Waals surface area contributed by atoms with Gasteiger partial charge in [0.25, 0.3) is 0 Å². The standard InChI is InChI=1S/C16H20N4OS2/c1-2-12-17-16-20(18-12)15(21)14(23-16)13(11-7-6-10-22-11)19-8-4-3-5-9-19/h6-7,10,13,21H,2-5,8-9H2,1H3/p+1/t13-/m0/s1. The highest BCUT2D eigenvalue weighted by Crippen LogP contribution is 2.36. The highest BCUT2D eigenvalue weighted by Gasteiger charge is 2.34. The van der Waals surface area contributed by atoms with Gasteiger partial charge in [-0.15, -0.1) is 16.4 Å². The van der Waals surface area contributed by atoms with E-state index < -0.39 is 0 Å². The third kappa shape index (κ3) is 2.66. The molecule has 0 aliphatic carbocycles. The van der Waals surface area contributed by atoms with E-state index in [1.807, 2.05) is 6.92 Å². The summed E-state index contributed by atoms with van der Waals surface area (Å²) in [5, 5.41) is 17.3. The average Bonchev–Trinajstić information content (AvgIpc) is 3.29. The van der Waals surface area contributed by atoms with Crippen molar-refractivity contribution >= 4 is 27.6 Å². The van der Waals surface area contributed by atoms with Crippen molar-refractivity contribution in [2.75, 3.05) is 13.1 Å². The monoisotopic (exact) mass is 349 g/mol. The Morgan fingerprint density at radius 2 is 2.17 bits per heavy atom. The van der Waals surface area contributed by atoms with Crippen LogP contribution in [-0.2, 0) is 6.42 Å². The molecule has 122 valence electrons. The van der Waals surface area contributed by atoms with E-state index >= 15 is 0 Å². The number of rotatable bonds is 4. The number of nitrogens with zero attached hydrogens (tertiary/aromatic N) is 3. The van der Waals surface area contributed by atoms with Gasteiger partial charge in [-0.05, 0) is 30.7 Å². The molecular weight excluding hydrogens is 328 g/mol. The summed E-state index contributed by atoms with van der Waals surface area (Å²) in [4.78, 5) is 9.19. The first-order chi connectivity index (χ1) is 11.3. The van der Waals surface area contributed by atoms with Crippen LogP contribution in [0.15, 0.2) is 17.5 Å². The Kier molecular flexibility index (Phi) is 4.09. The van der Waals surface area contributed by atoms with Crippen molar-refractivity contribution in [2.45, 2.75) is 38.6 Å². The van der Waals surface area contributed by atoms with Crippen molar-refractivity contribution in [1.82, 2.24) is 14.6 Å². The van der Waals surface area contributed by atoms with Crippen LogP contribution in [0, 0.1) is 0 Å². The molecule has 5 nitrogen and oxygen atoms in total. The molecule has 1 saturated heterocycles. The maximum atomic E-state index is 10.8. The number of nitrogens with one attached hydrogen (secondary N) is 1. The number of aryl methyl sites for hydroxylation is 1. The first-order valence-corrected chi connectivity index (χ1v) is 9.92. The molecule has 0 amide bonds. The third-order valence-corrected chi connectivity index (χ3v) is 6.58. The average molecular weight is 350 g/mol. The lowest BCUT2D eigenvalue weighted by Crippen LogP contribution is -3.13. The number of thiophene rings is 1. The highest BCUT2D eigenvalue weighted by atomic mass is 32.1. The molecule has 4 heterocycles. The molecule has 3 aromatic heterocycles. The van der Waals surface area contributed by atoms with E-state index in [9.17, 15) is 5.11 Å². The summed E-state index contributed by atoms with van der Waals surface area (Å²) < 4.78 is 1.61. The van der Waals surface area contributed by atoms with Crippen molar-refractivity contribution in [1.29, 1.82) is 0 Å². The molecule has 2 N–H and O–H groups in total.